The van der Waals surface area contributed by atoms with Gasteiger partial charge in [-0.15, -0.1) is 11.3 Å². The molecule has 1 atom stereocenters. The fourth-order valence-electron chi connectivity index (χ4n) is 4.87. The van der Waals surface area contributed by atoms with Crippen molar-refractivity contribution in [2.75, 3.05) is 13.1 Å². The number of aryl methyl sites for hydroxylation is 2. The molecule has 0 radical (unpaired) electrons. The predicted octanol–water partition coefficient (Wildman–Crippen LogP) is 3.70. The molecule has 1 aliphatic rings. The monoisotopic (exact) mass is 466 g/mol. The molecule has 0 aliphatic carbocycles. The second-order valence-corrected chi connectivity index (χ2v) is 9.87. The molecule has 9 heteroatoms. The van der Waals surface area contributed by atoms with Crippen LogP contribution in [0.25, 0.3) is 21.4 Å². The van der Waals surface area contributed by atoms with Crippen molar-refractivity contribution in [3.63, 3.8) is 0 Å². The molecule has 174 valence electrons. The highest BCUT2D eigenvalue weighted by molar-refractivity contribution is 7.18. The molecule has 8 nitrogen and oxygen atoms in total. The SMILES string of the molecule is CCCCn1c(=O)[nH]c(=O)c2c1nc(CN1CCC[C@H](c3nc4ccccc4s3)C1)n2CC. The summed E-state index contributed by atoms with van der Waals surface area (Å²) in [5, 5.41) is 1.20. The molecule has 0 saturated carbocycles. The lowest BCUT2D eigenvalue weighted by Gasteiger charge is -2.31. The number of rotatable bonds is 7. The Morgan fingerprint density at radius 3 is 2.79 bits per heavy atom. The van der Waals surface area contributed by atoms with Gasteiger partial charge < -0.3 is 4.57 Å². The Morgan fingerprint density at radius 1 is 1.15 bits per heavy atom. The van der Waals surface area contributed by atoms with Crippen LogP contribution in [0.5, 0.6) is 0 Å². The molecule has 0 bridgehead atoms. The van der Waals surface area contributed by atoms with E-state index in [1.165, 1.54) is 9.71 Å². The summed E-state index contributed by atoms with van der Waals surface area (Å²) in [6, 6.07) is 8.32. The van der Waals surface area contributed by atoms with Crippen LogP contribution in [0, 0.1) is 0 Å². The second-order valence-electron chi connectivity index (χ2n) is 8.80. The highest BCUT2D eigenvalue weighted by Crippen LogP contribution is 2.33. The minimum Gasteiger partial charge on any atom is -0.321 e. The van der Waals surface area contributed by atoms with Gasteiger partial charge in [-0.1, -0.05) is 25.5 Å². The van der Waals surface area contributed by atoms with Crippen molar-refractivity contribution in [1.82, 2.24) is 29.0 Å². The van der Waals surface area contributed by atoms with Gasteiger partial charge in [0.1, 0.15) is 5.82 Å². The van der Waals surface area contributed by atoms with Gasteiger partial charge in [0.25, 0.3) is 5.56 Å². The van der Waals surface area contributed by atoms with Crippen LogP contribution in [0.4, 0.5) is 0 Å². The lowest BCUT2D eigenvalue weighted by molar-refractivity contribution is 0.194. The number of hydrogen-bond acceptors (Lipinski definition) is 6. The maximum atomic E-state index is 12.7. The summed E-state index contributed by atoms with van der Waals surface area (Å²) >= 11 is 1.79. The number of piperidine rings is 1. The lowest BCUT2D eigenvalue weighted by atomic mass is 9.99. The van der Waals surface area contributed by atoms with Crippen LogP contribution in [0.15, 0.2) is 33.9 Å². The first-order valence-corrected chi connectivity index (χ1v) is 12.7. The highest BCUT2D eigenvalue weighted by atomic mass is 32.1. The number of imidazole rings is 1. The van der Waals surface area contributed by atoms with E-state index in [0.29, 0.717) is 36.7 Å². The quantitative estimate of drug-likeness (QED) is 0.449. The number of fused-ring (bicyclic) bond motifs is 2. The van der Waals surface area contributed by atoms with Crippen LogP contribution in [0.3, 0.4) is 0 Å². The second kappa shape index (κ2) is 9.23. The third kappa shape index (κ3) is 4.15. The first-order chi connectivity index (χ1) is 16.1. The summed E-state index contributed by atoms with van der Waals surface area (Å²) in [5.74, 6) is 1.25. The summed E-state index contributed by atoms with van der Waals surface area (Å²) in [6.45, 7) is 7.88. The lowest BCUT2D eigenvalue weighted by Crippen LogP contribution is -2.34. The fraction of sp³-hybridized carbons (Fsp3) is 0.500. The summed E-state index contributed by atoms with van der Waals surface area (Å²) in [7, 11) is 0. The number of H-pyrrole nitrogens is 1. The number of para-hydroxylation sites is 1. The Kier molecular flexibility index (Phi) is 6.16. The van der Waals surface area contributed by atoms with Crippen molar-refractivity contribution < 1.29 is 0 Å². The van der Waals surface area contributed by atoms with Crippen LogP contribution in [-0.4, -0.2) is 42.1 Å². The Labute approximate surface area is 195 Å². The molecule has 33 heavy (non-hydrogen) atoms. The topological polar surface area (TPSA) is 88.8 Å². The molecule has 0 amide bonds. The highest BCUT2D eigenvalue weighted by Gasteiger charge is 2.26. The van der Waals surface area contributed by atoms with Crippen LogP contribution >= 0.6 is 11.3 Å². The number of benzene rings is 1. The summed E-state index contributed by atoms with van der Waals surface area (Å²) in [5.41, 5.74) is 1.36. The van der Waals surface area contributed by atoms with Crippen molar-refractivity contribution in [3.05, 3.63) is 55.9 Å². The van der Waals surface area contributed by atoms with Crippen LogP contribution in [0.2, 0.25) is 0 Å². The van der Waals surface area contributed by atoms with Crippen molar-refractivity contribution in [1.29, 1.82) is 0 Å². The van der Waals surface area contributed by atoms with Crippen molar-refractivity contribution >= 4 is 32.7 Å². The van der Waals surface area contributed by atoms with Gasteiger partial charge >= 0.3 is 5.69 Å². The van der Waals surface area contributed by atoms with Gasteiger partial charge in [0.2, 0.25) is 0 Å². The first-order valence-electron chi connectivity index (χ1n) is 11.9. The Bertz CT molecular complexity index is 1360. The van der Waals surface area contributed by atoms with Gasteiger partial charge in [-0.2, -0.15) is 0 Å². The zero-order valence-electron chi connectivity index (χ0n) is 19.2. The standard InChI is InChI=1S/C24H30N6O2S/c1-3-5-13-30-21-20(22(31)27-24(30)32)29(4-2)19(26-21)15-28-12-8-9-16(14-28)23-25-17-10-6-7-11-18(17)33-23/h6-7,10-11,16H,3-5,8-9,12-15H2,1-2H3,(H,27,31,32)/t16-/m0/s1. The Morgan fingerprint density at radius 2 is 2.00 bits per heavy atom. The third-order valence-corrected chi connectivity index (χ3v) is 7.75. The molecule has 1 N–H and O–H groups in total. The van der Waals surface area contributed by atoms with E-state index in [2.05, 4.69) is 35.0 Å². The maximum absolute atomic E-state index is 12.7. The van der Waals surface area contributed by atoms with E-state index < -0.39 is 0 Å². The van der Waals surface area contributed by atoms with Gasteiger partial charge in [0.05, 0.1) is 21.8 Å². The number of nitrogens with one attached hydrogen (secondary N) is 1. The van der Waals surface area contributed by atoms with E-state index in [9.17, 15) is 9.59 Å². The number of nitrogens with zero attached hydrogens (tertiary/aromatic N) is 5. The summed E-state index contributed by atoms with van der Waals surface area (Å²) in [4.78, 5) is 39.8. The zero-order chi connectivity index (χ0) is 22.9. The minimum absolute atomic E-state index is 0.352. The Hall–Kier alpha value is -2.78. The first kappa shape index (κ1) is 22.0. The molecule has 3 aromatic heterocycles. The van der Waals surface area contributed by atoms with Crippen LogP contribution < -0.4 is 11.2 Å². The molecular weight excluding hydrogens is 436 g/mol. The number of likely N-dealkylation sites (tertiary alicyclic amines) is 1. The molecule has 1 saturated heterocycles. The van der Waals surface area contributed by atoms with Crippen LogP contribution in [0.1, 0.15) is 56.3 Å². The Balaban J connectivity index is 1.45. The molecule has 1 aliphatic heterocycles. The van der Waals surface area contributed by atoms with Gasteiger partial charge in [-0.25, -0.2) is 14.8 Å². The molecular formula is C24H30N6O2S. The average Bonchev–Trinajstić information content (AvgIpc) is 3.41. The van der Waals surface area contributed by atoms with E-state index in [1.807, 2.05) is 17.6 Å². The average molecular weight is 467 g/mol. The predicted molar refractivity (Wildman–Crippen MR) is 132 cm³/mol. The molecule has 0 unspecified atom stereocenters. The minimum atomic E-state index is -0.373. The maximum Gasteiger partial charge on any atom is 0.330 e. The zero-order valence-corrected chi connectivity index (χ0v) is 20.0. The van der Waals surface area contributed by atoms with Gasteiger partial charge in [0.15, 0.2) is 11.2 Å². The summed E-state index contributed by atoms with van der Waals surface area (Å²) in [6.07, 6.45) is 4.08. The van der Waals surface area contributed by atoms with E-state index >= 15 is 0 Å². The van der Waals surface area contributed by atoms with E-state index in [-0.39, 0.29) is 11.2 Å². The number of aromatic amines is 1. The molecule has 0 spiro atoms. The largest absolute Gasteiger partial charge is 0.330 e. The molecule has 4 aromatic rings. The normalized spacial score (nSPS) is 17.3. The molecule has 1 fully saturated rings. The number of unbranched alkanes of at least 4 members (excludes halogenated alkanes) is 1. The number of aromatic nitrogens is 5. The van der Waals surface area contributed by atoms with Crippen molar-refractivity contribution in [2.24, 2.45) is 0 Å². The molecule has 5 rings (SSSR count). The number of thiazole rings is 1. The number of hydrogen-bond donors (Lipinski definition) is 1. The smallest absolute Gasteiger partial charge is 0.321 e. The van der Waals surface area contributed by atoms with Gasteiger partial charge in [0, 0.05) is 25.6 Å². The van der Waals surface area contributed by atoms with Gasteiger partial charge in [-0.05, 0) is 44.9 Å². The molecule has 1 aromatic carbocycles. The third-order valence-electron chi connectivity index (χ3n) is 6.55. The van der Waals surface area contributed by atoms with Crippen LogP contribution in [-0.2, 0) is 19.6 Å². The summed E-state index contributed by atoms with van der Waals surface area (Å²) < 4.78 is 4.83. The van der Waals surface area contributed by atoms with Crippen molar-refractivity contribution in [2.45, 2.75) is 65.1 Å². The molecule has 4 heterocycles. The van der Waals surface area contributed by atoms with E-state index in [0.717, 1.165) is 50.1 Å². The van der Waals surface area contributed by atoms with Crippen molar-refractivity contribution in [3.8, 4) is 0 Å². The van der Waals surface area contributed by atoms with E-state index in [4.69, 9.17) is 9.97 Å². The van der Waals surface area contributed by atoms with Gasteiger partial charge in [-0.3, -0.25) is 19.2 Å². The fourth-order valence-corrected chi connectivity index (χ4v) is 5.96. The van der Waals surface area contributed by atoms with E-state index in [1.54, 1.807) is 15.9 Å².